The fourth-order valence-electron chi connectivity index (χ4n) is 1.24. The van der Waals surface area contributed by atoms with Crippen molar-refractivity contribution in [1.82, 2.24) is 0 Å². The van der Waals surface area contributed by atoms with E-state index in [2.05, 4.69) is 12.6 Å². The zero-order valence-electron chi connectivity index (χ0n) is 7.79. The van der Waals surface area contributed by atoms with Gasteiger partial charge in [-0.2, -0.15) is 12.6 Å². The van der Waals surface area contributed by atoms with E-state index in [1.54, 1.807) is 11.8 Å². The highest BCUT2D eigenvalue weighted by atomic mass is 32.2. The zero-order valence-corrected chi connectivity index (χ0v) is 9.51. The summed E-state index contributed by atoms with van der Waals surface area (Å²) in [6.45, 7) is 1.99. The van der Waals surface area contributed by atoms with Gasteiger partial charge in [0.05, 0.1) is 16.3 Å². The molecule has 1 aromatic rings. The van der Waals surface area contributed by atoms with Crippen LogP contribution in [0.25, 0.3) is 0 Å². The molecule has 13 heavy (non-hydrogen) atoms. The summed E-state index contributed by atoms with van der Waals surface area (Å²) in [7, 11) is 0. The molecule has 0 aliphatic heterocycles. The van der Waals surface area contributed by atoms with Gasteiger partial charge in [0, 0.05) is 5.75 Å². The summed E-state index contributed by atoms with van der Waals surface area (Å²) in [6.07, 6.45) is 1.98. The Balaban J connectivity index is 3.39. The van der Waals surface area contributed by atoms with Gasteiger partial charge in [-0.15, -0.1) is 11.8 Å². The van der Waals surface area contributed by atoms with E-state index >= 15 is 0 Å². The normalized spacial score (nSPS) is 10.4. The van der Waals surface area contributed by atoms with Crippen LogP contribution >= 0.6 is 24.4 Å². The highest BCUT2D eigenvalue weighted by Crippen LogP contribution is 2.35. The molecule has 0 fully saturated rings. The van der Waals surface area contributed by atoms with E-state index in [1.807, 2.05) is 19.2 Å². The molecule has 0 aliphatic rings. The minimum absolute atomic E-state index is 0.653. The number of hydrogen-bond acceptors (Lipinski definition) is 4. The Morgan fingerprint density at radius 3 is 2.46 bits per heavy atom. The fourth-order valence-corrected chi connectivity index (χ4v) is 2.23. The van der Waals surface area contributed by atoms with Crippen molar-refractivity contribution >= 4 is 35.8 Å². The molecule has 0 saturated heterocycles. The molecule has 0 spiro atoms. The fraction of sp³-hybridized carbons (Fsp3) is 0.333. The van der Waals surface area contributed by atoms with E-state index in [9.17, 15) is 0 Å². The van der Waals surface area contributed by atoms with E-state index in [0.29, 0.717) is 5.75 Å². The Bertz CT molecular complexity index is 324. The highest BCUT2D eigenvalue weighted by Gasteiger charge is 2.09. The molecule has 0 bridgehead atoms. The van der Waals surface area contributed by atoms with Gasteiger partial charge in [0.2, 0.25) is 0 Å². The summed E-state index contributed by atoms with van der Waals surface area (Å²) in [6, 6.07) is 2.00. The van der Waals surface area contributed by atoms with Crippen LogP contribution in [0.1, 0.15) is 11.1 Å². The first kappa shape index (κ1) is 10.6. The van der Waals surface area contributed by atoms with Crippen LogP contribution in [0.15, 0.2) is 11.0 Å². The van der Waals surface area contributed by atoms with Crippen LogP contribution in [0, 0.1) is 6.92 Å². The van der Waals surface area contributed by atoms with Crippen molar-refractivity contribution in [2.24, 2.45) is 0 Å². The molecule has 4 N–H and O–H groups in total. The summed E-state index contributed by atoms with van der Waals surface area (Å²) in [5.41, 5.74) is 15.5. The van der Waals surface area contributed by atoms with Crippen molar-refractivity contribution in [3.05, 3.63) is 17.2 Å². The van der Waals surface area contributed by atoms with Crippen LogP contribution in [0.4, 0.5) is 11.4 Å². The molecular formula is C9H14N2S2. The van der Waals surface area contributed by atoms with Crippen LogP contribution in [-0.4, -0.2) is 6.26 Å². The predicted molar refractivity (Wildman–Crippen MR) is 64.5 cm³/mol. The van der Waals surface area contributed by atoms with Gasteiger partial charge in [-0.05, 0) is 24.3 Å². The minimum Gasteiger partial charge on any atom is -0.398 e. The standard InChI is InChI=1S/C9H14N2S2/c1-5-3-6(4-12)8(11)9(13-2)7(5)10/h3,12H,4,10-11H2,1-2H3. The Labute approximate surface area is 88.5 Å². The monoisotopic (exact) mass is 214 g/mol. The lowest BCUT2D eigenvalue weighted by Crippen LogP contribution is -2.01. The van der Waals surface area contributed by atoms with Crippen molar-refractivity contribution in [3.63, 3.8) is 0 Å². The topological polar surface area (TPSA) is 52.0 Å². The number of hydrogen-bond donors (Lipinski definition) is 3. The second kappa shape index (κ2) is 4.15. The molecule has 0 atom stereocenters. The maximum Gasteiger partial charge on any atom is 0.0535 e. The lowest BCUT2D eigenvalue weighted by Gasteiger charge is -2.13. The van der Waals surface area contributed by atoms with Crippen molar-refractivity contribution < 1.29 is 0 Å². The molecule has 2 nitrogen and oxygen atoms in total. The summed E-state index contributed by atoms with van der Waals surface area (Å²) < 4.78 is 0. The number of benzene rings is 1. The number of anilines is 2. The summed E-state index contributed by atoms with van der Waals surface area (Å²) in [4.78, 5) is 0.976. The van der Waals surface area contributed by atoms with Gasteiger partial charge in [0.1, 0.15) is 0 Å². The van der Waals surface area contributed by atoms with Gasteiger partial charge in [0.25, 0.3) is 0 Å². The van der Waals surface area contributed by atoms with Gasteiger partial charge in [-0.1, -0.05) is 6.07 Å². The average Bonchev–Trinajstić information content (AvgIpc) is 2.12. The average molecular weight is 214 g/mol. The summed E-state index contributed by atoms with van der Waals surface area (Å²) in [5.74, 6) is 0.653. The maximum atomic E-state index is 5.92. The summed E-state index contributed by atoms with van der Waals surface area (Å²) >= 11 is 5.80. The van der Waals surface area contributed by atoms with Gasteiger partial charge in [-0.25, -0.2) is 0 Å². The first-order valence-electron chi connectivity index (χ1n) is 3.94. The molecular weight excluding hydrogens is 200 g/mol. The van der Waals surface area contributed by atoms with E-state index < -0.39 is 0 Å². The van der Waals surface area contributed by atoms with Crippen molar-refractivity contribution in [3.8, 4) is 0 Å². The molecule has 72 valence electrons. The molecule has 0 aliphatic carbocycles. The molecule has 0 unspecified atom stereocenters. The lowest BCUT2D eigenvalue weighted by molar-refractivity contribution is 1.29. The van der Waals surface area contributed by atoms with Crippen LogP contribution in [0.2, 0.25) is 0 Å². The van der Waals surface area contributed by atoms with Gasteiger partial charge < -0.3 is 11.5 Å². The number of nitrogens with two attached hydrogens (primary N) is 2. The van der Waals surface area contributed by atoms with E-state index in [-0.39, 0.29) is 0 Å². The predicted octanol–water partition coefficient (Wildman–Crippen LogP) is 2.31. The lowest BCUT2D eigenvalue weighted by atomic mass is 10.1. The molecule has 1 aromatic carbocycles. The number of aryl methyl sites for hydroxylation is 1. The molecule has 4 heteroatoms. The largest absolute Gasteiger partial charge is 0.398 e. The number of nitrogen functional groups attached to an aromatic ring is 2. The second-order valence-corrected chi connectivity index (χ2v) is 4.00. The minimum atomic E-state index is 0.653. The van der Waals surface area contributed by atoms with Gasteiger partial charge in [0.15, 0.2) is 0 Å². The van der Waals surface area contributed by atoms with Gasteiger partial charge in [-0.3, -0.25) is 0 Å². The van der Waals surface area contributed by atoms with Crippen LogP contribution < -0.4 is 11.5 Å². The number of rotatable bonds is 2. The molecule has 0 aromatic heterocycles. The third-order valence-electron chi connectivity index (χ3n) is 2.03. The second-order valence-electron chi connectivity index (χ2n) is 2.87. The van der Waals surface area contributed by atoms with Crippen molar-refractivity contribution in [2.45, 2.75) is 17.6 Å². The van der Waals surface area contributed by atoms with Crippen LogP contribution in [0.3, 0.4) is 0 Å². The Hall–Kier alpha value is -0.480. The number of thiol groups is 1. The molecule has 0 radical (unpaired) electrons. The first-order valence-corrected chi connectivity index (χ1v) is 5.79. The Morgan fingerprint density at radius 2 is 2.00 bits per heavy atom. The zero-order chi connectivity index (χ0) is 10.0. The van der Waals surface area contributed by atoms with E-state index in [0.717, 1.165) is 27.4 Å². The molecule has 1 rings (SSSR count). The van der Waals surface area contributed by atoms with E-state index in [1.165, 1.54) is 0 Å². The van der Waals surface area contributed by atoms with Crippen LogP contribution in [-0.2, 0) is 5.75 Å². The van der Waals surface area contributed by atoms with Crippen molar-refractivity contribution in [1.29, 1.82) is 0 Å². The number of thioether (sulfide) groups is 1. The molecule has 0 amide bonds. The Morgan fingerprint density at radius 1 is 1.38 bits per heavy atom. The SMILES string of the molecule is CSc1c(N)c(C)cc(CS)c1N. The third kappa shape index (κ3) is 1.89. The highest BCUT2D eigenvalue weighted by molar-refractivity contribution is 7.99. The van der Waals surface area contributed by atoms with Gasteiger partial charge >= 0.3 is 0 Å². The molecule has 0 heterocycles. The Kier molecular flexibility index (Phi) is 3.39. The quantitative estimate of drug-likeness (QED) is 0.402. The van der Waals surface area contributed by atoms with E-state index in [4.69, 9.17) is 11.5 Å². The maximum absolute atomic E-state index is 5.92. The van der Waals surface area contributed by atoms with Crippen LogP contribution in [0.5, 0.6) is 0 Å². The first-order chi connectivity index (χ1) is 6.11. The third-order valence-corrected chi connectivity index (χ3v) is 3.21. The smallest absolute Gasteiger partial charge is 0.0535 e. The summed E-state index contributed by atoms with van der Waals surface area (Å²) in [5, 5.41) is 0. The van der Waals surface area contributed by atoms with Crippen molar-refractivity contribution in [2.75, 3.05) is 17.7 Å². The molecule has 0 saturated carbocycles.